The molecule has 1 aliphatic rings. The van der Waals surface area contributed by atoms with Gasteiger partial charge in [0.1, 0.15) is 12.7 Å². The highest BCUT2D eigenvalue weighted by molar-refractivity contribution is 6.34. The highest BCUT2D eigenvalue weighted by Crippen LogP contribution is 2.45. The molecule has 3 heterocycles. The van der Waals surface area contributed by atoms with Crippen molar-refractivity contribution in [2.24, 2.45) is 0 Å². The monoisotopic (exact) mass is 579 g/mol. The number of hydrogen-bond acceptors (Lipinski definition) is 4. The number of aromatic nitrogens is 4. The fraction of sp³-hybridized carbons (Fsp3) is 0.233. The summed E-state index contributed by atoms with van der Waals surface area (Å²) in [6.45, 7) is 1.89. The van der Waals surface area contributed by atoms with E-state index in [0.717, 1.165) is 11.1 Å². The van der Waals surface area contributed by atoms with E-state index in [0.29, 0.717) is 11.2 Å². The Kier molecular flexibility index (Phi) is 6.62. The number of nitrogens with zero attached hydrogens (tertiary/aromatic N) is 4. The van der Waals surface area contributed by atoms with Gasteiger partial charge in [-0.1, -0.05) is 53.6 Å². The summed E-state index contributed by atoms with van der Waals surface area (Å²) in [7, 11) is 0. The van der Waals surface area contributed by atoms with Crippen LogP contribution in [0.1, 0.15) is 39.2 Å². The van der Waals surface area contributed by atoms with Crippen LogP contribution in [0.5, 0.6) is 0 Å². The molecule has 1 amide bonds. The van der Waals surface area contributed by atoms with Crippen LogP contribution in [0.4, 0.5) is 13.2 Å². The van der Waals surface area contributed by atoms with E-state index in [1.165, 1.54) is 12.7 Å². The summed E-state index contributed by atoms with van der Waals surface area (Å²) in [6.07, 6.45) is -0.224. The van der Waals surface area contributed by atoms with Gasteiger partial charge in [0.2, 0.25) is 0 Å². The minimum atomic E-state index is -3.83. The van der Waals surface area contributed by atoms with E-state index in [1.807, 2.05) is 30.3 Å². The fourth-order valence-corrected chi connectivity index (χ4v) is 6.04. The summed E-state index contributed by atoms with van der Waals surface area (Å²) in [5.74, 6) is -4.26. The van der Waals surface area contributed by atoms with Gasteiger partial charge in [0.05, 0.1) is 28.2 Å². The molecule has 0 saturated carbocycles. The molecule has 2 aromatic heterocycles. The van der Waals surface area contributed by atoms with E-state index in [-0.39, 0.29) is 41.1 Å². The molecular formula is C30H25ClF3N5O2. The highest BCUT2D eigenvalue weighted by atomic mass is 35.5. The molecule has 0 saturated heterocycles. The number of benzene rings is 3. The maximum absolute atomic E-state index is 15.3. The second kappa shape index (κ2) is 10.0. The number of aryl methyl sites for hydroxylation is 1. The van der Waals surface area contributed by atoms with Crippen LogP contribution in [0.3, 0.4) is 0 Å². The highest BCUT2D eigenvalue weighted by Gasteiger charge is 2.48. The number of amides is 1. The van der Waals surface area contributed by atoms with Gasteiger partial charge in [-0.2, -0.15) is 0 Å². The molecule has 1 unspecified atom stereocenters. The second-order valence-electron chi connectivity index (χ2n) is 10.3. The quantitative estimate of drug-likeness (QED) is 0.265. The predicted molar refractivity (Wildman–Crippen MR) is 148 cm³/mol. The van der Waals surface area contributed by atoms with E-state index >= 15 is 4.39 Å². The van der Waals surface area contributed by atoms with Gasteiger partial charge >= 0.3 is 6.43 Å². The molecule has 0 radical (unpaired) electrons. The molecule has 0 fully saturated rings. The zero-order chi connectivity index (χ0) is 28.9. The minimum absolute atomic E-state index is 0.118. The first kappa shape index (κ1) is 27.0. The Labute approximate surface area is 238 Å². The third kappa shape index (κ3) is 4.57. The molecule has 11 heteroatoms. The van der Waals surface area contributed by atoms with Crippen molar-refractivity contribution in [2.45, 2.75) is 44.1 Å². The Morgan fingerprint density at radius 2 is 1.83 bits per heavy atom. The van der Waals surface area contributed by atoms with Gasteiger partial charge in [0, 0.05) is 22.3 Å². The van der Waals surface area contributed by atoms with Gasteiger partial charge < -0.3 is 15.0 Å². The molecule has 210 valence electrons. The molecular weight excluding hydrogens is 555 g/mol. The number of fused-ring (bicyclic) bond motifs is 3. The number of alkyl halides is 3. The summed E-state index contributed by atoms with van der Waals surface area (Å²) < 4.78 is 46.2. The first-order valence-electron chi connectivity index (χ1n) is 12.9. The number of rotatable bonds is 6. The van der Waals surface area contributed by atoms with Crippen molar-refractivity contribution >= 4 is 28.4 Å². The molecule has 3 aromatic carbocycles. The number of aliphatic hydroxyl groups is 1. The maximum Gasteiger partial charge on any atom is 0.300 e. The SMILES string of the molecule is Cc1ccc2c(c1)c([C@@](O)(F)C(F)F)c1n2CC(NC(=O)c2ccc(-n3cnnc3)cc2Cl)(c2ccccc2)CC1. The van der Waals surface area contributed by atoms with Gasteiger partial charge in [0.15, 0.2) is 0 Å². The summed E-state index contributed by atoms with van der Waals surface area (Å²) in [4.78, 5) is 13.7. The van der Waals surface area contributed by atoms with Crippen LogP contribution in [0.2, 0.25) is 5.02 Å². The summed E-state index contributed by atoms with van der Waals surface area (Å²) in [5, 5.41) is 21.5. The minimum Gasteiger partial charge on any atom is -0.354 e. The van der Waals surface area contributed by atoms with Crippen LogP contribution < -0.4 is 5.32 Å². The van der Waals surface area contributed by atoms with Crippen LogP contribution >= 0.6 is 11.6 Å². The molecule has 1 aliphatic heterocycles. The number of hydrogen-bond donors (Lipinski definition) is 2. The summed E-state index contributed by atoms with van der Waals surface area (Å²) in [6, 6.07) is 19.4. The van der Waals surface area contributed by atoms with Crippen molar-refractivity contribution in [3.8, 4) is 5.69 Å². The average molecular weight is 580 g/mol. The van der Waals surface area contributed by atoms with Crippen LogP contribution in [-0.2, 0) is 24.4 Å². The van der Waals surface area contributed by atoms with Crippen LogP contribution in [0.15, 0.2) is 79.4 Å². The first-order chi connectivity index (χ1) is 19.6. The van der Waals surface area contributed by atoms with Crippen molar-refractivity contribution in [2.75, 3.05) is 0 Å². The Morgan fingerprint density at radius 3 is 2.51 bits per heavy atom. The van der Waals surface area contributed by atoms with E-state index in [2.05, 4.69) is 15.5 Å². The lowest BCUT2D eigenvalue weighted by atomic mass is 9.81. The zero-order valence-electron chi connectivity index (χ0n) is 21.9. The van der Waals surface area contributed by atoms with Crippen LogP contribution in [0.25, 0.3) is 16.6 Å². The molecule has 0 spiro atoms. The second-order valence-corrected chi connectivity index (χ2v) is 10.7. The van der Waals surface area contributed by atoms with E-state index in [4.69, 9.17) is 11.6 Å². The number of halogens is 4. The topological polar surface area (TPSA) is 85.0 Å². The molecule has 0 bridgehead atoms. The fourth-order valence-electron chi connectivity index (χ4n) is 5.78. The van der Waals surface area contributed by atoms with Gasteiger partial charge in [-0.25, -0.2) is 13.2 Å². The zero-order valence-corrected chi connectivity index (χ0v) is 22.6. The van der Waals surface area contributed by atoms with E-state index in [1.54, 1.807) is 52.5 Å². The Balaban J connectivity index is 1.45. The lowest BCUT2D eigenvalue weighted by Gasteiger charge is -2.40. The molecule has 7 nitrogen and oxygen atoms in total. The predicted octanol–water partition coefficient (Wildman–Crippen LogP) is 5.84. The van der Waals surface area contributed by atoms with Crippen molar-refractivity contribution in [1.82, 2.24) is 24.6 Å². The normalized spacial score (nSPS) is 18.3. The van der Waals surface area contributed by atoms with Crippen molar-refractivity contribution < 1.29 is 23.1 Å². The van der Waals surface area contributed by atoms with Crippen molar-refractivity contribution in [3.05, 3.63) is 112 Å². The average Bonchev–Trinajstić information content (AvgIpc) is 3.60. The lowest BCUT2D eigenvalue weighted by molar-refractivity contribution is -0.194. The van der Waals surface area contributed by atoms with E-state index < -0.39 is 29.3 Å². The Bertz CT molecular complexity index is 1760. The maximum atomic E-state index is 15.3. The smallest absolute Gasteiger partial charge is 0.300 e. The molecule has 6 rings (SSSR count). The van der Waals surface area contributed by atoms with Gasteiger partial charge in [-0.05, 0) is 55.7 Å². The van der Waals surface area contributed by atoms with Crippen LogP contribution in [-0.4, -0.2) is 36.8 Å². The van der Waals surface area contributed by atoms with Crippen molar-refractivity contribution in [1.29, 1.82) is 0 Å². The van der Waals surface area contributed by atoms with E-state index in [9.17, 15) is 18.7 Å². The number of carbonyl (C=O) groups is 1. The third-order valence-corrected chi connectivity index (χ3v) is 8.09. The molecule has 41 heavy (non-hydrogen) atoms. The first-order valence-corrected chi connectivity index (χ1v) is 13.3. The van der Waals surface area contributed by atoms with Gasteiger partial charge in [-0.15, -0.1) is 10.2 Å². The largest absolute Gasteiger partial charge is 0.354 e. The number of carbonyl (C=O) groups excluding carboxylic acids is 1. The lowest BCUT2D eigenvalue weighted by Crippen LogP contribution is -2.51. The molecule has 2 N–H and O–H groups in total. The van der Waals surface area contributed by atoms with Crippen LogP contribution in [0, 0.1) is 6.92 Å². The molecule has 5 aromatic rings. The molecule has 0 aliphatic carbocycles. The van der Waals surface area contributed by atoms with Gasteiger partial charge in [-0.3, -0.25) is 9.36 Å². The number of nitrogens with one attached hydrogen (secondary N) is 1. The van der Waals surface area contributed by atoms with Gasteiger partial charge in [0.25, 0.3) is 11.8 Å². The Hall–Kier alpha value is -4.15. The standard InChI is InChI=1S/C30H25ClF3N5O2/c1-18-7-10-24-22(13-18)26(30(34,41)28(32)33)25-11-12-29(15-39(24)25,19-5-3-2-4-6-19)37-27(40)21-9-8-20(14-23(21)31)38-16-35-36-17-38/h2-10,13-14,16-17,28,41H,11-12,15H2,1H3,(H,37,40)/t29?,30-/m0/s1. The Morgan fingerprint density at radius 1 is 1.10 bits per heavy atom. The third-order valence-electron chi connectivity index (χ3n) is 7.78. The summed E-state index contributed by atoms with van der Waals surface area (Å²) in [5.41, 5.74) is 1.79. The summed E-state index contributed by atoms with van der Waals surface area (Å²) >= 11 is 6.55. The van der Waals surface area contributed by atoms with Crippen molar-refractivity contribution in [3.63, 3.8) is 0 Å². The molecule has 2 atom stereocenters.